The van der Waals surface area contributed by atoms with Crippen molar-refractivity contribution in [2.45, 2.75) is 32.9 Å². The van der Waals surface area contributed by atoms with Crippen LogP contribution < -0.4 is 4.74 Å². The predicted octanol–water partition coefficient (Wildman–Crippen LogP) is 5.53. The number of benzene rings is 3. The number of ether oxygens (including phenoxy) is 1. The number of aliphatic carboxylic acids is 1. The van der Waals surface area contributed by atoms with Gasteiger partial charge in [0.2, 0.25) is 5.78 Å². The number of hydrogen-bond donors (Lipinski definition) is 1. The minimum Gasteiger partial charge on any atom is -0.478 e. The van der Waals surface area contributed by atoms with Crippen molar-refractivity contribution in [3.05, 3.63) is 101 Å². The summed E-state index contributed by atoms with van der Waals surface area (Å²) in [5, 5.41) is 9.30. The number of carbonyl (C=O) groups excluding carboxylic acids is 1. The summed E-state index contributed by atoms with van der Waals surface area (Å²) in [6.07, 6.45) is 3.86. The molecule has 0 radical (unpaired) electrons. The van der Waals surface area contributed by atoms with Crippen molar-refractivity contribution >= 4 is 28.9 Å². The third-order valence-electron chi connectivity index (χ3n) is 5.52. The second-order valence-corrected chi connectivity index (χ2v) is 8.62. The Balaban J connectivity index is 1.61. The van der Waals surface area contributed by atoms with E-state index in [-0.39, 0.29) is 5.78 Å². The van der Waals surface area contributed by atoms with Crippen molar-refractivity contribution in [2.75, 3.05) is 0 Å². The fraction of sp³-hybridized carbons (Fsp3) is 0.179. The number of imidazole rings is 1. The third-order valence-corrected chi connectivity index (χ3v) is 5.52. The molecule has 1 N–H and O–H groups in total. The summed E-state index contributed by atoms with van der Waals surface area (Å²) in [6.45, 7) is 5.44. The van der Waals surface area contributed by atoms with Crippen LogP contribution >= 0.6 is 0 Å². The van der Waals surface area contributed by atoms with Gasteiger partial charge in [0.1, 0.15) is 5.75 Å². The van der Waals surface area contributed by atoms with E-state index in [4.69, 9.17) is 4.74 Å². The van der Waals surface area contributed by atoms with Gasteiger partial charge in [0.05, 0.1) is 11.0 Å². The van der Waals surface area contributed by atoms with Crippen LogP contribution in [-0.4, -0.2) is 32.0 Å². The van der Waals surface area contributed by atoms with Gasteiger partial charge in [-0.15, -0.1) is 0 Å². The molecule has 0 spiro atoms. The van der Waals surface area contributed by atoms with E-state index in [9.17, 15) is 14.7 Å². The maximum Gasteiger partial charge on any atom is 0.347 e. The van der Waals surface area contributed by atoms with E-state index in [0.717, 1.165) is 22.2 Å². The van der Waals surface area contributed by atoms with Crippen LogP contribution in [0.15, 0.2) is 78.9 Å². The van der Waals surface area contributed by atoms with E-state index in [0.29, 0.717) is 23.7 Å². The standard InChI is InChI=1S/C28H26N2O4/c1-19-13-15-21(16-14-19)25(31)26-29-23-11-4-5-12-24(23)30(26)17-7-9-20-8-6-10-22(18-20)34-28(2,3)27(32)33/h4-16,18H,17H2,1-3H3,(H,32,33)/b9-7+. The molecule has 0 fully saturated rings. The second kappa shape index (κ2) is 9.35. The fourth-order valence-corrected chi connectivity index (χ4v) is 3.58. The number of allylic oxidation sites excluding steroid dienone is 1. The Hall–Kier alpha value is -4.19. The monoisotopic (exact) mass is 454 g/mol. The van der Waals surface area contributed by atoms with Crippen LogP contribution in [0.2, 0.25) is 0 Å². The first-order valence-electron chi connectivity index (χ1n) is 11.0. The van der Waals surface area contributed by atoms with Crippen LogP contribution in [-0.2, 0) is 11.3 Å². The van der Waals surface area contributed by atoms with Gasteiger partial charge in [0, 0.05) is 12.1 Å². The Morgan fingerprint density at radius 3 is 2.50 bits per heavy atom. The Kier molecular flexibility index (Phi) is 6.32. The van der Waals surface area contributed by atoms with Gasteiger partial charge in [-0.05, 0) is 50.6 Å². The zero-order valence-corrected chi connectivity index (χ0v) is 19.4. The number of ketones is 1. The van der Waals surface area contributed by atoms with Gasteiger partial charge in [0.15, 0.2) is 11.4 Å². The molecule has 6 nitrogen and oxygen atoms in total. The molecule has 0 aliphatic heterocycles. The number of aryl methyl sites for hydroxylation is 1. The van der Waals surface area contributed by atoms with Crippen LogP contribution in [0.3, 0.4) is 0 Å². The molecule has 172 valence electrons. The number of nitrogens with zero attached hydrogens (tertiary/aromatic N) is 2. The lowest BCUT2D eigenvalue weighted by molar-refractivity contribution is -0.152. The fourth-order valence-electron chi connectivity index (χ4n) is 3.58. The average Bonchev–Trinajstić information content (AvgIpc) is 3.18. The van der Waals surface area contributed by atoms with Crippen molar-refractivity contribution in [1.82, 2.24) is 9.55 Å². The highest BCUT2D eigenvalue weighted by Crippen LogP contribution is 2.22. The first-order chi connectivity index (χ1) is 16.2. The quantitative estimate of drug-likeness (QED) is 0.354. The Bertz CT molecular complexity index is 1380. The SMILES string of the molecule is Cc1ccc(C(=O)c2nc3ccccc3n2C/C=C/c2cccc(OC(C)(C)C(=O)O)c2)cc1. The molecule has 0 unspecified atom stereocenters. The van der Waals surface area contributed by atoms with E-state index < -0.39 is 11.6 Å². The van der Waals surface area contributed by atoms with Crippen LogP contribution in [0.25, 0.3) is 17.1 Å². The van der Waals surface area contributed by atoms with E-state index in [2.05, 4.69) is 4.98 Å². The average molecular weight is 455 g/mol. The van der Waals surface area contributed by atoms with Gasteiger partial charge < -0.3 is 14.4 Å². The number of para-hydroxylation sites is 2. The number of rotatable bonds is 8. The number of aromatic nitrogens is 2. The zero-order valence-electron chi connectivity index (χ0n) is 19.4. The molecular formula is C28H26N2O4. The molecule has 4 aromatic rings. The number of carboxylic acid groups (broad SMARTS) is 1. The minimum absolute atomic E-state index is 0.129. The van der Waals surface area contributed by atoms with Gasteiger partial charge in [0.25, 0.3) is 0 Å². The molecule has 34 heavy (non-hydrogen) atoms. The summed E-state index contributed by atoms with van der Waals surface area (Å²) in [7, 11) is 0. The first-order valence-corrected chi connectivity index (χ1v) is 11.0. The molecule has 4 rings (SSSR count). The smallest absolute Gasteiger partial charge is 0.347 e. The van der Waals surface area contributed by atoms with E-state index in [1.807, 2.05) is 84.3 Å². The molecule has 1 aromatic heterocycles. The molecule has 0 saturated heterocycles. The minimum atomic E-state index is -1.33. The lowest BCUT2D eigenvalue weighted by Gasteiger charge is -2.21. The number of carbonyl (C=O) groups is 2. The van der Waals surface area contributed by atoms with Gasteiger partial charge >= 0.3 is 5.97 Å². The van der Waals surface area contributed by atoms with Crippen molar-refractivity contribution in [3.63, 3.8) is 0 Å². The first kappa shape index (κ1) is 23.0. The Morgan fingerprint density at radius 2 is 1.76 bits per heavy atom. The van der Waals surface area contributed by atoms with Crippen molar-refractivity contribution < 1.29 is 19.4 Å². The Morgan fingerprint density at radius 1 is 1.03 bits per heavy atom. The highest BCUT2D eigenvalue weighted by Gasteiger charge is 2.29. The summed E-state index contributed by atoms with van der Waals surface area (Å²) >= 11 is 0. The summed E-state index contributed by atoms with van der Waals surface area (Å²) in [5.41, 5.74) is 2.85. The van der Waals surface area contributed by atoms with Crippen molar-refractivity contribution in [2.24, 2.45) is 0 Å². The molecule has 3 aromatic carbocycles. The molecule has 6 heteroatoms. The van der Waals surface area contributed by atoms with Gasteiger partial charge in [-0.2, -0.15) is 0 Å². The van der Waals surface area contributed by atoms with E-state index >= 15 is 0 Å². The molecule has 0 amide bonds. The molecule has 0 bridgehead atoms. The summed E-state index contributed by atoms with van der Waals surface area (Å²) in [4.78, 5) is 29.2. The largest absolute Gasteiger partial charge is 0.478 e. The normalized spacial score (nSPS) is 11.7. The zero-order chi connectivity index (χ0) is 24.3. The predicted molar refractivity (Wildman–Crippen MR) is 132 cm³/mol. The molecule has 1 heterocycles. The maximum atomic E-state index is 13.2. The van der Waals surface area contributed by atoms with E-state index in [1.165, 1.54) is 13.8 Å². The van der Waals surface area contributed by atoms with Gasteiger partial charge in [-0.3, -0.25) is 4.79 Å². The molecule has 0 aliphatic carbocycles. The van der Waals surface area contributed by atoms with E-state index in [1.54, 1.807) is 12.1 Å². The van der Waals surface area contributed by atoms with Crippen LogP contribution in [0.5, 0.6) is 5.75 Å². The Labute approximate surface area is 198 Å². The number of carboxylic acids is 1. The third kappa shape index (κ3) is 4.91. The lowest BCUT2D eigenvalue weighted by atomic mass is 10.1. The topological polar surface area (TPSA) is 81.4 Å². The lowest BCUT2D eigenvalue weighted by Crippen LogP contribution is -2.37. The maximum absolute atomic E-state index is 13.2. The van der Waals surface area contributed by atoms with Crippen molar-refractivity contribution in [3.8, 4) is 5.75 Å². The van der Waals surface area contributed by atoms with Crippen LogP contribution in [0, 0.1) is 6.92 Å². The van der Waals surface area contributed by atoms with Gasteiger partial charge in [-0.1, -0.05) is 66.2 Å². The number of hydrogen-bond acceptors (Lipinski definition) is 4. The second-order valence-electron chi connectivity index (χ2n) is 8.62. The van der Waals surface area contributed by atoms with Crippen LogP contribution in [0.4, 0.5) is 0 Å². The summed E-state index contributed by atoms with van der Waals surface area (Å²) in [5.74, 6) is -0.310. The molecule has 0 saturated carbocycles. The highest BCUT2D eigenvalue weighted by molar-refractivity contribution is 6.08. The summed E-state index contributed by atoms with van der Waals surface area (Å²) < 4.78 is 7.53. The molecule has 0 atom stereocenters. The number of fused-ring (bicyclic) bond motifs is 1. The van der Waals surface area contributed by atoms with Crippen LogP contribution in [0.1, 0.15) is 41.2 Å². The highest BCUT2D eigenvalue weighted by atomic mass is 16.5. The molecule has 0 aliphatic rings. The van der Waals surface area contributed by atoms with Gasteiger partial charge in [-0.25, -0.2) is 9.78 Å². The summed E-state index contributed by atoms with van der Waals surface area (Å²) in [6, 6.07) is 22.4. The van der Waals surface area contributed by atoms with Crippen molar-refractivity contribution in [1.29, 1.82) is 0 Å². The molecular weight excluding hydrogens is 428 g/mol.